The Labute approximate surface area is 162 Å². The lowest BCUT2D eigenvalue weighted by atomic mass is 9.43. The van der Waals surface area contributed by atoms with E-state index >= 15 is 0 Å². The number of carbonyl (C=O) groups excluding carboxylic acids is 4. The standard InChI is InChI=1S/C22H24O6/c1-27-19(25)21-15-7-3-5-10(24)12(7)18-13(15)14-16(22(18,21)20(26)28-2)8-4-6-9(23)11(8)17(14)21/h7-8,11-18H,3-6H2,1-2H3. The molecule has 0 aromatic rings. The molecule has 6 heteroatoms. The van der Waals surface area contributed by atoms with Gasteiger partial charge in [-0.05, 0) is 60.2 Å². The summed E-state index contributed by atoms with van der Waals surface area (Å²) in [5.74, 6) is 0.253. The van der Waals surface area contributed by atoms with Gasteiger partial charge in [0.2, 0.25) is 0 Å². The Kier molecular flexibility index (Phi) is 2.53. The highest BCUT2D eigenvalue weighted by Gasteiger charge is 3.01. The molecule has 8 saturated carbocycles. The lowest BCUT2D eigenvalue weighted by molar-refractivity contribution is -0.208. The number of hydrogen-bond acceptors (Lipinski definition) is 6. The summed E-state index contributed by atoms with van der Waals surface area (Å²) in [4.78, 5) is 52.8. The van der Waals surface area contributed by atoms with Gasteiger partial charge in [0, 0.05) is 24.7 Å². The van der Waals surface area contributed by atoms with Crippen molar-refractivity contribution in [3.8, 4) is 0 Å². The van der Waals surface area contributed by atoms with E-state index in [4.69, 9.17) is 9.47 Å². The second-order valence-corrected chi connectivity index (χ2v) is 10.4. The number of carbonyl (C=O) groups is 4. The molecule has 28 heavy (non-hydrogen) atoms. The number of methoxy groups -OCH3 is 2. The molecule has 0 radical (unpaired) electrons. The molecule has 8 fully saturated rings. The fourth-order valence-electron chi connectivity index (χ4n) is 11.2. The summed E-state index contributed by atoms with van der Waals surface area (Å²) >= 11 is 0. The van der Waals surface area contributed by atoms with Crippen LogP contribution in [0.25, 0.3) is 0 Å². The number of ether oxygens (including phenoxy) is 2. The molecule has 0 amide bonds. The van der Waals surface area contributed by atoms with Gasteiger partial charge < -0.3 is 9.47 Å². The molecule has 6 nitrogen and oxygen atoms in total. The van der Waals surface area contributed by atoms with E-state index in [1.165, 1.54) is 14.2 Å². The van der Waals surface area contributed by atoms with Crippen molar-refractivity contribution in [1.29, 1.82) is 0 Å². The lowest BCUT2D eigenvalue weighted by Crippen LogP contribution is -2.66. The van der Waals surface area contributed by atoms with Crippen molar-refractivity contribution in [3.63, 3.8) is 0 Å². The molecular formula is C22H24O6. The Morgan fingerprint density at radius 2 is 1.14 bits per heavy atom. The summed E-state index contributed by atoms with van der Waals surface area (Å²) in [5, 5.41) is 0. The van der Waals surface area contributed by atoms with Crippen molar-refractivity contribution < 1.29 is 28.7 Å². The highest BCUT2D eigenvalue weighted by Crippen LogP contribution is 2.97. The minimum Gasteiger partial charge on any atom is -0.469 e. The molecule has 0 aromatic carbocycles. The van der Waals surface area contributed by atoms with Crippen LogP contribution < -0.4 is 0 Å². The van der Waals surface area contributed by atoms with Gasteiger partial charge in [-0.1, -0.05) is 0 Å². The van der Waals surface area contributed by atoms with E-state index in [1.54, 1.807) is 0 Å². The third kappa shape index (κ3) is 1.10. The van der Waals surface area contributed by atoms with Crippen LogP contribution in [0.4, 0.5) is 0 Å². The van der Waals surface area contributed by atoms with Crippen molar-refractivity contribution in [2.75, 3.05) is 14.2 Å². The quantitative estimate of drug-likeness (QED) is 0.666. The highest BCUT2D eigenvalue weighted by molar-refractivity contribution is 5.99. The predicted octanol–water partition coefficient (Wildman–Crippen LogP) is 1.26. The van der Waals surface area contributed by atoms with E-state index in [9.17, 15) is 19.2 Å². The van der Waals surface area contributed by atoms with E-state index in [2.05, 4.69) is 0 Å². The van der Waals surface area contributed by atoms with Gasteiger partial charge >= 0.3 is 11.9 Å². The molecular weight excluding hydrogens is 360 g/mol. The van der Waals surface area contributed by atoms with Gasteiger partial charge in [-0.2, -0.15) is 0 Å². The van der Waals surface area contributed by atoms with Crippen LogP contribution in [0.2, 0.25) is 0 Å². The Hall–Kier alpha value is -1.72. The van der Waals surface area contributed by atoms with Crippen LogP contribution in [0.5, 0.6) is 0 Å². The molecule has 0 heterocycles. The first kappa shape index (κ1) is 16.1. The van der Waals surface area contributed by atoms with E-state index in [0.717, 1.165) is 12.8 Å². The zero-order valence-corrected chi connectivity index (χ0v) is 16.1. The van der Waals surface area contributed by atoms with Gasteiger partial charge in [-0.25, -0.2) is 0 Å². The molecule has 0 spiro atoms. The first-order valence-electron chi connectivity index (χ1n) is 10.7. The normalized spacial score (nSPS) is 60.6. The van der Waals surface area contributed by atoms with E-state index < -0.39 is 10.8 Å². The molecule has 0 aromatic heterocycles. The maximum absolute atomic E-state index is 13.6. The Morgan fingerprint density at radius 1 is 0.750 bits per heavy atom. The molecule has 8 aliphatic rings. The zero-order valence-electron chi connectivity index (χ0n) is 16.1. The largest absolute Gasteiger partial charge is 0.469 e. The first-order chi connectivity index (χ1) is 13.5. The van der Waals surface area contributed by atoms with Crippen molar-refractivity contribution in [3.05, 3.63) is 0 Å². The van der Waals surface area contributed by atoms with Crippen molar-refractivity contribution in [1.82, 2.24) is 0 Å². The number of Topliss-reactive ketones (excluding diaryl/α,β-unsaturated/α-hetero) is 2. The average Bonchev–Trinajstić information content (AvgIpc) is 3.49. The third-order valence-corrected chi connectivity index (χ3v) is 10.7. The van der Waals surface area contributed by atoms with Crippen molar-refractivity contribution in [2.45, 2.75) is 25.7 Å². The van der Waals surface area contributed by atoms with Crippen LogP contribution in [0, 0.1) is 70.0 Å². The Morgan fingerprint density at radius 3 is 1.50 bits per heavy atom. The van der Waals surface area contributed by atoms with Gasteiger partial charge in [-0.15, -0.1) is 0 Å². The van der Waals surface area contributed by atoms with E-state index in [0.29, 0.717) is 12.8 Å². The molecule has 8 rings (SSSR count). The van der Waals surface area contributed by atoms with Gasteiger partial charge in [0.1, 0.15) is 11.6 Å². The van der Waals surface area contributed by atoms with Crippen LogP contribution in [0.3, 0.4) is 0 Å². The van der Waals surface area contributed by atoms with Gasteiger partial charge in [0.05, 0.1) is 25.0 Å². The summed E-state index contributed by atoms with van der Waals surface area (Å²) < 4.78 is 10.8. The fraction of sp³-hybridized carbons (Fsp3) is 0.818. The maximum Gasteiger partial charge on any atom is 0.313 e. The summed E-state index contributed by atoms with van der Waals surface area (Å²) in [6, 6.07) is 0. The van der Waals surface area contributed by atoms with Gasteiger partial charge in [-0.3, -0.25) is 19.2 Å². The fourth-order valence-corrected chi connectivity index (χ4v) is 11.2. The number of fused-ring (bicyclic) bond motifs is 2. The maximum atomic E-state index is 13.6. The molecule has 8 bridgehead atoms. The summed E-state index contributed by atoms with van der Waals surface area (Å²) in [6.45, 7) is 0. The lowest BCUT2D eigenvalue weighted by Gasteiger charge is -2.57. The Balaban J connectivity index is 1.55. The molecule has 12 atom stereocenters. The summed E-state index contributed by atoms with van der Waals surface area (Å²) in [6.07, 6.45) is 2.72. The van der Waals surface area contributed by atoms with Crippen LogP contribution in [-0.2, 0) is 28.7 Å². The van der Waals surface area contributed by atoms with Crippen LogP contribution in [0.15, 0.2) is 0 Å². The molecule has 12 unspecified atom stereocenters. The molecule has 0 saturated heterocycles. The average molecular weight is 384 g/mol. The smallest absolute Gasteiger partial charge is 0.313 e. The second-order valence-electron chi connectivity index (χ2n) is 10.4. The van der Waals surface area contributed by atoms with E-state index in [1.807, 2.05) is 0 Å². The monoisotopic (exact) mass is 384 g/mol. The SMILES string of the molecule is COC(=O)C12C3C4CCC(=O)C4C4C3C3C(C5CCC(=O)C5C31)C42C(=O)OC. The van der Waals surface area contributed by atoms with Crippen LogP contribution in [-0.4, -0.2) is 37.7 Å². The molecule has 0 N–H and O–H groups in total. The molecule has 148 valence electrons. The van der Waals surface area contributed by atoms with Crippen molar-refractivity contribution >= 4 is 23.5 Å². The predicted molar refractivity (Wildman–Crippen MR) is 92.3 cm³/mol. The number of ketones is 2. The minimum absolute atomic E-state index is 0.00102. The third-order valence-electron chi connectivity index (χ3n) is 10.7. The number of rotatable bonds is 2. The summed E-state index contributed by atoms with van der Waals surface area (Å²) in [5.41, 5.74) is -1.90. The minimum atomic E-state index is -0.952. The van der Waals surface area contributed by atoms with Crippen LogP contribution in [0.1, 0.15) is 25.7 Å². The first-order valence-corrected chi connectivity index (χ1v) is 10.7. The van der Waals surface area contributed by atoms with Crippen molar-refractivity contribution in [2.24, 2.45) is 70.0 Å². The molecule has 8 aliphatic carbocycles. The van der Waals surface area contributed by atoms with Crippen LogP contribution >= 0.6 is 0 Å². The van der Waals surface area contributed by atoms with Gasteiger partial charge in [0.25, 0.3) is 0 Å². The topological polar surface area (TPSA) is 86.7 Å². The van der Waals surface area contributed by atoms with Gasteiger partial charge in [0.15, 0.2) is 0 Å². The zero-order chi connectivity index (χ0) is 19.3. The second kappa shape index (κ2) is 4.39. The summed E-state index contributed by atoms with van der Waals surface area (Å²) in [7, 11) is 2.80. The number of esters is 2. The van der Waals surface area contributed by atoms with E-state index in [-0.39, 0.29) is 82.7 Å². The highest BCUT2D eigenvalue weighted by atomic mass is 16.5. The molecule has 0 aliphatic heterocycles. The number of hydrogen-bond donors (Lipinski definition) is 0. The Bertz CT molecular complexity index is 821.